The number of piperidine rings is 1. The molecule has 22 heavy (non-hydrogen) atoms. The van der Waals surface area contributed by atoms with Crippen LogP contribution < -0.4 is 11.1 Å². The molecule has 1 heterocycles. The lowest BCUT2D eigenvalue weighted by atomic mass is 10.00. The average Bonchev–Trinajstić information content (AvgIpc) is 2.54. The fraction of sp³-hybridized carbons (Fsp3) is 0.882. The minimum absolute atomic E-state index is 0.0243. The van der Waals surface area contributed by atoms with Crippen LogP contribution in [0.2, 0.25) is 0 Å². The van der Waals surface area contributed by atoms with Crippen LogP contribution >= 0.6 is 0 Å². The molecule has 5 nitrogen and oxygen atoms in total. The zero-order valence-corrected chi connectivity index (χ0v) is 14.1. The SMILES string of the molecule is CCCCCC(=O)N1CCCCC1C(=O)NCCCCCN. The highest BCUT2D eigenvalue weighted by Crippen LogP contribution is 2.19. The summed E-state index contributed by atoms with van der Waals surface area (Å²) in [5, 5.41) is 2.99. The Morgan fingerprint density at radius 1 is 1.14 bits per heavy atom. The maximum atomic E-state index is 12.3. The molecule has 2 amide bonds. The average molecular weight is 311 g/mol. The Morgan fingerprint density at radius 2 is 1.95 bits per heavy atom. The lowest BCUT2D eigenvalue weighted by molar-refractivity contribution is -0.142. The maximum Gasteiger partial charge on any atom is 0.242 e. The van der Waals surface area contributed by atoms with Crippen molar-refractivity contribution >= 4 is 11.8 Å². The predicted molar refractivity (Wildman–Crippen MR) is 89.4 cm³/mol. The topological polar surface area (TPSA) is 75.4 Å². The molecule has 0 aromatic carbocycles. The Labute approximate surface area is 135 Å². The van der Waals surface area contributed by atoms with Crippen LogP contribution in [0.5, 0.6) is 0 Å². The molecule has 1 unspecified atom stereocenters. The zero-order chi connectivity index (χ0) is 16.2. The summed E-state index contributed by atoms with van der Waals surface area (Å²) in [5.74, 6) is 0.174. The largest absolute Gasteiger partial charge is 0.354 e. The quantitative estimate of drug-likeness (QED) is 0.607. The summed E-state index contributed by atoms with van der Waals surface area (Å²) < 4.78 is 0. The number of hydrogen-bond acceptors (Lipinski definition) is 3. The third-order valence-corrected chi connectivity index (χ3v) is 4.30. The van der Waals surface area contributed by atoms with Crippen molar-refractivity contribution in [1.82, 2.24) is 10.2 Å². The number of carbonyl (C=O) groups excluding carboxylic acids is 2. The number of unbranched alkanes of at least 4 members (excludes halogenated alkanes) is 4. The van der Waals surface area contributed by atoms with Gasteiger partial charge in [0.25, 0.3) is 0 Å². The number of hydrogen-bond donors (Lipinski definition) is 2. The lowest BCUT2D eigenvalue weighted by Gasteiger charge is -2.35. The summed E-state index contributed by atoms with van der Waals surface area (Å²) in [6.07, 6.45) is 9.55. The van der Waals surface area contributed by atoms with Crippen LogP contribution in [0, 0.1) is 0 Å². The van der Waals surface area contributed by atoms with E-state index in [9.17, 15) is 9.59 Å². The molecule has 1 aliphatic rings. The van der Waals surface area contributed by atoms with E-state index in [0.29, 0.717) is 19.5 Å². The molecule has 0 aromatic heterocycles. The first kappa shape index (κ1) is 18.9. The Kier molecular flexibility index (Phi) is 9.87. The van der Waals surface area contributed by atoms with E-state index in [-0.39, 0.29) is 17.9 Å². The summed E-state index contributed by atoms with van der Waals surface area (Å²) in [6.45, 7) is 4.26. The van der Waals surface area contributed by atoms with Gasteiger partial charge in [-0.15, -0.1) is 0 Å². The van der Waals surface area contributed by atoms with Crippen LogP contribution in [-0.4, -0.2) is 42.4 Å². The van der Waals surface area contributed by atoms with Crippen molar-refractivity contribution in [3.05, 3.63) is 0 Å². The van der Waals surface area contributed by atoms with Crippen molar-refractivity contribution in [3.63, 3.8) is 0 Å². The van der Waals surface area contributed by atoms with E-state index in [2.05, 4.69) is 12.2 Å². The minimum atomic E-state index is -0.252. The van der Waals surface area contributed by atoms with Crippen LogP contribution in [0.15, 0.2) is 0 Å². The van der Waals surface area contributed by atoms with Gasteiger partial charge in [-0.05, 0) is 45.1 Å². The van der Waals surface area contributed by atoms with Gasteiger partial charge in [-0.25, -0.2) is 0 Å². The maximum absolute atomic E-state index is 12.3. The van der Waals surface area contributed by atoms with Crippen molar-refractivity contribution in [1.29, 1.82) is 0 Å². The van der Waals surface area contributed by atoms with Crippen molar-refractivity contribution in [2.45, 2.75) is 77.2 Å². The van der Waals surface area contributed by atoms with Gasteiger partial charge in [0.15, 0.2) is 0 Å². The first-order valence-electron chi connectivity index (χ1n) is 8.98. The molecule has 1 fully saturated rings. The van der Waals surface area contributed by atoms with Crippen LogP contribution in [0.3, 0.4) is 0 Å². The minimum Gasteiger partial charge on any atom is -0.354 e. The number of carbonyl (C=O) groups is 2. The van der Waals surface area contributed by atoms with Crippen molar-refractivity contribution in [2.24, 2.45) is 5.73 Å². The second kappa shape index (κ2) is 11.5. The van der Waals surface area contributed by atoms with Gasteiger partial charge >= 0.3 is 0 Å². The highest BCUT2D eigenvalue weighted by atomic mass is 16.2. The monoisotopic (exact) mass is 311 g/mol. The molecule has 5 heteroatoms. The molecule has 0 spiro atoms. The van der Waals surface area contributed by atoms with E-state index in [1.165, 1.54) is 0 Å². The Hall–Kier alpha value is -1.10. The van der Waals surface area contributed by atoms with Gasteiger partial charge < -0.3 is 16.0 Å². The van der Waals surface area contributed by atoms with Crippen molar-refractivity contribution in [2.75, 3.05) is 19.6 Å². The summed E-state index contributed by atoms with van der Waals surface area (Å²) in [7, 11) is 0. The number of nitrogens with one attached hydrogen (secondary N) is 1. The predicted octanol–water partition coefficient (Wildman–Crippen LogP) is 2.19. The van der Waals surface area contributed by atoms with Gasteiger partial charge in [-0.2, -0.15) is 0 Å². The third-order valence-electron chi connectivity index (χ3n) is 4.30. The van der Waals surface area contributed by atoms with Gasteiger partial charge in [0.1, 0.15) is 6.04 Å². The molecular formula is C17H33N3O2. The third kappa shape index (κ3) is 6.77. The number of rotatable bonds is 10. The normalized spacial score (nSPS) is 18.3. The molecule has 1 saturated heterocycles. The van der Waals surface area contributed by atoms with Crippen molar-refractivity contribution < 1.29 is 9.59 Å². The molecule has 1 atom stereocenters. The van der Waals surface area contributed by atoms with Gasteiger partial charge in [0.2, 0.25) is 11.8 Å². The van der Waals surface area contributed by atoms with E-state index in [4.69, 9.17) is 5.73 Å². The number of nitrogens with zero attached hydrogens (tertiary/aromatic N) is 1. The van der Waals surface area contributed by atoms with E-state index in [0.717, 1.165) is 64.3 Å². The Bertz CT molecular complexity index is 334. The second-order valence-electron chi connectivity index (χ2n) is 6.20. The summed E-state index contributed by atoms with van der Waals surface area (Å²) in [5.41, 5.74) is 5.46. The molecule has 0 aliphatic carbocycles. The first-order chi connectivity index (χ1) is 10.7. The van der Waals surface area contributed by atoms with Gasteiger partial charge in [0.05, 0.1) is 0 Å². The van der Waals surface area contributed by atoms with Gasteiger partial charge in [-0.1, -0.05) is 26.2 Å². The van der Waals surface area contributed by atoms with E-state index in [1.807, 2.05) is 4.90 Å². The summed E-state index contributed by atoms with van der Waals surface area (Å²) in [6, 6.07) is -0.252. The Balaban J connectivity index is 2.39. The highest BCUT2D eigenvalue weighted by Gasteiger charge is 2.31. The fourth-order valence-corrected chi connectivity index (χ4v) is 2.95. The second-order valence-corrected chi connectivity index (χ2v) is 6.20. The highest BCUT2D eigenvalue weighted by molar-refractivity contribution is 5.87. The molecule has 0 aromatic rings. The summed E-state index contributed by atoms with van der Waals surface area (Å²) >= 11 is 0. The van der Waals surface area contributed by atoms with E-state index >= 15 is 0 Å². The van der Waals surface area contributed by atoms with Crippen LogP contribution in [0.25, 0.3) is 0 Å². The smallest absolute Gasteiger partial charge is 0.242 e. The van der Waals surface area contributed by atoms with E-state index in [1.54, 1.807) is 0 Å². The number of likely N-dealkylation sites (tertiary alicyclic amines) is 1. The molecule has 1 aliphatic heterocycles. The van der Waals surface area contributed by atoms with Crippen LogP contribution in [0.4, 0.5) is 0 Å². The lowest BCUT2D eigenvalue weighted by Crippen LogP contribution is -2.52. The standard InChI is InChI=1S/C17H33N3O2/c1-2-3-5-11-16(21)20-14-9-6-10-15(20)17(22)19-13-8-4-7-12-18/h15H,2-14,18H2,1H3,(H,19,22). The van der Waals surface area contributed by atoms with Gasteiger partial charge in [0, 0.05) is 19.5 Å². The molecule has 1 rings (SSSR count). The molecule has 0 radical (unpaired) electrons. The molecule has 128 valence electrons. The van der Waals surface area contributed by atoms with Crippen LogP contribution in [-0.2, 0) is 9.59 Å². The number of amides is 2. The zero-order valence-electron chi connectivity index (χ0n) is 14.1. The molecule has 0 bridgehead atoms. The Morgan fingerprint density at radius 3 is 2.68 bits per heavy atom. The first-order valence-corrected chi connectivity index (χ1v) is 8.98. The molecular weight excluding hydrogens is 278 g/mol. The van der Waals surface area contributed by atoms with Crippen molar-refractivity contribution in [3.8, 4) is 0 Å². The van der Waals surface area contributed by atoms with Gasteiger partial charge in [-0.3, -0.25) is 9.59 Å². The van der Waals surface area contributed by atoms with E-state index < -0.39 is 0 Å². The number of nitrogens with two attached hydrogens (primary N) is 1. The molecule has 0 saturated carbocycles. The van der Waals surface area contributed by atoms with Crippen LogP contribution in [0.1, 0.15) is 71.1 Å². The fourth-order valence-electron chi connectivity index (χ4n) is 2.95. The molecule has 3 N–H and O–H groups in total. The summed E-state index contributed by atoms with van der Waals surface area (Å²) in [4.78, 5) is 26.5.